The minimum atomic E-state index is -0.793. The second kappa shape index (κ2) is 6.08. The Bertz CT molecular complexity index is 552. The van der Waals surface area contributed by atoms with E-state index >= 15 is 0 Å². The summed E-state index contributed by atoms with van der Waals surface area (Å²) in [5, 5.41) is 2.88. The molecule has 1 saturated carbocycles. The molecule has 0 aromatic heterocycles. The predicted molar refractivity (Wildman–Crippen MR) is 85.3 cm³/mol. The van der Waals surface area contributed by atoms with Crippen molar-refractivity contribution >= 4 is 17.5 Å². The summed E-state index contributed by atoms with van der Waals surface area (Å²) in [6, 6.07) is 9.11. The van der Waals surface area contributed by atoms with Crippen molar-refractivity contribution in [1.29, 1.82) is 0 Å². The van der Waals surface area contributed by atoms with Crippen molar-refractivity contribution in [2.24, 2.45) is 5.73 Å². The summed E-state index contributed by atoms with van der Waals surface area (Å²) in [4.78, 5) is 26.7. The topological polar surface area (TPSA) is 75.4 Å². The van der Waals surface area contributed by atoms with Crippen molar-refractivity contribution in [3.63, 3.8) is 0 Å². The van der Waals surface area contributed by atoms with Gasteiger partial charge < -0.3 is 16.0 Å². The minimum absolute atomic E-state index is 0.0426. The molecule has 0 spiro atoms. The van der Waals surface area contributed by atoms with Crippen LogP contribution in [-0.2, 0) is 9.59 Å². The number of hydrogen-bond donors (Lipinski definition) is 2. The third kappa shape index (κ3) is 2.86. The lowest BCUT2D eigenvalue weighted by molar-refractivity contribution is -0.131. The van der Waals surface area contributed by atoms with Gasteiger partial charge in [0.15, 0.2) is 0 Å². The third-order valence-electron chi connectivity index (χ3n) is 4.78. The molecule has 0 bridgehead atoms. The Labute approximate surface area is 130 Å². The van der Waals surface area contributed by atoms with Crippen LogP contribution in [0.3, 0.4) is 0 Å². The van der Waals surface area contributed by atoms with Gasteiger partial charge in [0.2, 0.25) is 11.8 Å². The van der Waals surface area contributed by atoms with Gasteiger partial charge in [-0.1, -0.05) is 37.5 Å². The molecule has 0 radical (unpaired) electrons. The molecule has 2 amide bonds. The van der Waals surface area contributed by atoms with Crippen molar-refractivity contribution in [2.75, 3.05) is 11.4 Å². The van der Waals surface area contributed by atoms with E-state index in [1.54, 1.807) is 4.90 Å². The quantitative estimate of drug-likeness (QED) is 0.890. The van der Waals surface area contributed by atoms with Crippen molar-refractivity contribution in [1.82, 2.24) is 5.32 Å². The predicted octanol–water partition coefficient (Wildman–Crippen LogP) is 1.57. The van der Waals surface area contributed by atoms with Crippen LogP contribution in [0.15, 0.2) is 30.3 Å². The highest BCUT2D eigenvalue weighted by molar-refractivity contribution is 6.02. The molecule has 1 aliphatic heterocycles. The number of amides is 2. The van der Waals surface area contributed by atoms with Crippen LogP contribution < -0.4 is 16.0 Å². The van der Waals surface area contributed by atoms with Crippen LogP contribution >= 0.6 is 0 Å². The molecule has 1 atom stereocenters. The molecule has 3 N–H and O–H groups in total. The first kappa shape index (κ1) is 15.0. The van der Waals surface area contributed by atoms with Crippen LogP contribution in [0.4, 0.5) is 5.69 Å². The van der Waals surface area contributed by atoms with Crippen molar-refractivity contribution in [2.45, 2.75) is 50.1 Å². The van der Waals surface area contributed by atoms with E-state index in [1.807, 2.05) is 30.3 Å². The molecular formula is C17H23N3O2. The van der Waals surface area contributed by atoms with Gasteiger partial charge in [-0.05, 0) is 31.4 Å². The highest BCUT2D eigenvalue weighted by Crippen LogP contribution is 2.27. The second-order valence-corrected chi connectivity index (χ2v) is 6.36. The van der Waals surface area contributed by atoms with Gasteiger partial charge in [0.05, 0.1) is 5.54 Å². The van der Waals surface area contributed by atoms with Crippen LogP contribution in [0.25, 0.3) is 0 Å². The lowest BCUT2D eigenvalue weighted by Gasteiger charge is -2.32. The fourth-order valence-corrected chi connectivity index (χ4v) is 3.39. The van der Waals surface area contributed by atoms with Crippen LogP contribution in [0, 0.1) is 0 Å². The van der Waals surface area contributed by atoms with Crippen molar-refractivity contribution in [3.8, 4) is 0 Å². The molecule has 118 valence electrons. The largest absolute Gasteiger partial charge is 0.343 e. The maximum absolute atomic E-state index is 12.5. The van der Waals surface area contributed by atoms with Crippen molar-refractivity contribution in [3.05, 3.63) is 30.3 Å². The van der Waals surface area contributed by atoms with Crippen molar-refractivity contribution < 1.29 is 9.59 Å². The zero-order valence-corrected chi connectivity index (χ0v) is 12.8. The number of nitrogens with zero attached hydrogens (tertiary/aromatic N) is 1. The van der Waals surface area contributed by atoms with E-state index < -0.39 is 11.6 Å². The first-order valence-corrected chi connectivity index (χ1v) is 8.06. The number of nitrogens with two attached hydrogens (primary N) is 1. The highest BCUT2D eigenvalue weighted by atomic mass is 16.2. The zero-order valence-electron chi connectivity index (χ0n) is 12.8. The monoisotopic (exact) mass is 301 g/mol. The molecule has 1 aromatic rings. The molecule has 1 heterocycles. The molecule has 2 fully saturated rings. The van der Waals surface area contributed by atoms with Gasteiger partial charge in [-0.2, -0.15) is 0 Å². The number of benzene rings is 1. The summed E-state index contributed by atoms with van der Waals surface area (Å²) in [6.45, 7) is 0.630. The number of hydrogen-bond acceptors (Lipinski definition) is 3. The molecule has 2 aliphatic rings. The lowest BCUT2D eigenvalue weighted by Crippen LogP contribution is -2.58. The van der Waals surface area contributed by atoms with E-state index in [0.29, 0.717) is 25.8 Å². The third-order valence-corrected chi connectivity index (χ3v) is 4.78. The van der Waals surface area contributed by atoms with E-state index in [4.69, 9.17) is 5.73 Å². The van der Waals surface area contributed by atoms with Crippen LogP contribution in [0.5, 0.6) is 0 Å². The Kier molecular flexibility index (Phi) is 4.16. The number of nitrogens with one attached hydrogen (secondary N) is 1. The van der Waals surface area contributed by atoms with E-state index in [9.17, 15) is 9.59 Å². The van der Waals surface area contributed by atoms with Gasteiger partial charge in [-0.15, -0.1) is 0 Å². The Morgan fingerprint density at radius 1 is 1.18 bits per heavy atom. The molecule has 1 saturated heterocycles. The summed E-state index contributed by atoms with van der Waals surface area (Å²) in [5.74, 6) is -0.209. The van der Waals surface area contributed by atoms with Gasteiger partial charge in [0.1, 0.15) is 6.04 Å². The van der Waals surface area contributed by atoms with Crippen LogP contribution in [0.1, 0.15) is 38.5 Å². The maximum atomic E-state index is 12.5. The number of carbonyl (C=O) groups is 2. The number of para-hydroxylation sites is 1. The highest BCUT2D eigenvalue weighted by Gasteiger charge is 2.40. The smallest absolute Gasteiger partial charge is 0.249 e. The summed E-state index contributed by atoms with van der Waals surface area (Å²) in [6.07, 6.45) is 5.16. The molecule has 1 unspecified atom stereocenters. The molecule has 1 aliphatic carbocycles. The lowest BCUT2D eigenvalue weighted by atomic mass is 9.81. The standard InChI is InChI=1S/C17H23N3O2/c18-17(10-5-2-6-11-17)16(22)19-14-9-12-20(15(14)21)13-7-3-1-4-8-13/h1,3-4,7-8,14H,2,5-6,9-12,18H2,(H,19,22). The summed E-state index contributed by atoms with van der Waals surface area (Å²) in [7, 11) is 0. The van der Waals surface area contributed by atoms with E-state index in [1.165, 1.54) is 0 Å². The van der Waals surface area contributed by atoms with Gasteiger partial charge >= 0.3 is 0 Å². The Morgan fingerprint density at radius 2 is 1.86 bits per heavy atom. The van der Waals surface area contributed by atoms with Gasteiger partial charge in [0.25, 0.3) is 0 Å². The summed E-state index contributed by atoms with van der Waals surface area (Å²) < 4.78 is 0. The average molecular weight is 301 g/mol. The molecule has 5 heteroatoms. The number of carbonyl (C=O) groups excluding carboxylic acids is 2. The van der Waals surface area contributed by atoms with E-state index in [-0.39, 0.29) is 11.8 Å². The fourth-order valence-electron chi connectivity index (χ4n) is 3.39. The van der Waals surface area contributed by atoms with Gasteiger partial charge in [0, 0.05) is 12.2 Å². The normalized spacial score (nSPS) is 24.3. The molecule has 1 aromatic carbocycles. The molecule has 22 heavy (non-hydrogen) atoms. The Hall–Kier alpha value is -1.88. The van der Waals surface area contributed by atoms with Gasteiger partial charge in [-0.25, -0.2) is 0 Å². The molecule has 5 nitrogen and oxygen atoms in total. The molecular weight excluding hydrogens is 278 g/mol. The maximum Gasteiger partial charge on any atom is 0.249 e. The fraction of sp³-hybridized carbons (Fsp3) is 0.529. The van der Waals surface area contributed by atoms with Crippen LogP contribution in [0.2, 0.25) is 0 Å². The van der Waals surface area contributed by atoms with Gasteiger partial charge in [-0.3, -0.25) is 9.59 Å². The van der Waals surface area contributed by atoms with E-state index in [0.717, 1.165) is 24.9 Å². The second-order valence-electron chi connectivity index (χ2n) is 6.36. The SMILES string of the molecule is NC1(C(=O)NC2CCN(c3ccccc3)C2=O)CCCCC1. The summed E-state index contributed by atoms with van der Waals surface area (Å²) >= 11 is 0. The first-order valence-electron chi connectivity index (χ1n) is 8.06. The minimum Gasteiger partial charge on any atom is -0.343 e. The number of anilines is 1. The Morgan fingerprint density at radius 3 is 2.55 bits per heavy atom. The zero-order chi connectivity index (χ0) is 15.6. The Balaban J connectivity index is 1.64. The first-order chi connectivity index (χ1) is 10.6. The van der Waals surface area contributed by atoms with E-state index in [2.05, 4.69) is 5.32 Å². The summed E-state index contributed by atoms with van der Waals surface area (Å²) in [5.41, 5.74) is 6.32. The van der Waals surface area contributed by atoms with Crippen LogP contribution in [-0.4, -0.2) is 29.9 Å². The average Bonchev–Trinajstić information content (AvgIpc) is 2.90. The molecule has 3 rings (SSSR count). The number of rotatable bonds is 3.